The van der Waals surface area contributed by atoms with Crippen molar-refractivity contribution in [1.29, 1.82) is 0 Å². The molecule has 1 saturated carbocycles. The van der Waals surface area contributed by atoms with E-state index in [4.69, 9.17) is 11.6 Å². The Morgan fingerprint density at radius 3 is 2.76 bits per heavy atom. The van der Waals surface area contributed by atoms with E-state index in [0.717, 1.165) is 12.8 Å². The molecule has 5 nitrogen and oxygen atoms in total. The molecular weight excluding hydrogens is 244 g/mol. The van der Waals surface area contributed by atoms with Gasteiger partial charge in [0.2, 0.25) is 0 Å². The Morgan fingerprint density at radius 2 is 2.24 bits per heavy atom. The van der Waals surface area contributed by atoms with Gasteiger partial charge in [-0.1, -0.05) is 11.6 Å². The number of rotatable bonds is 4. The molecule has 1 aliphatic rings. The molecule has 17 heavy (non-hydrogen) atoms. The van der Waals surface area contributed by atoms with Crippen LogP contribution in [0.15, 0.2) is 18.2 Å². The zero-order valence-electron chi connectivity index (χ0n) is 8.98. The van der Waals surface area contributed by atoms with Crippen LogP contribution in [0.3, 0.4) is 0 Å². The summed E-state index contributed by atoms with van der Waals surface area (Å²) in [7, 11) is 0. The first-order valence-corrected chi connectivity index (χ1v) is 5.68. The van der Waals surface area contributed by atoms with Crippen LogP contribution in [0.5, 0.6) is 0 Å². The number of nitro groups is 1. The number of nitrogens with zero attached hydrogens (tertiary/aromatic N) is 1. The van der Waals surface area contributed by atoms with Gasteiger partial charge in [-0.25, -0.2) is 0 Å². The minimum absolute atomic E-state index is 0.104. The zero-order chi connectivity index (χ0) is 12.4. The third-order valence-electron chi connectivity index (χ3n) is 2.66. The summed E-state index contributed by atoms with van der Waals surface area (Å²) < 4.78 is 0. The fraction of sp³-hybridized carbons (Fsp3) is 0.364. The number of nitro benzene ring substituents is 1. The predicted molar refractivity (Wildman–Crippen MR) is 63.2 cm³/mol. The lowest BCUT2D eigenvalue weighted by Gasteiger charge is -2.05. The van der Waals surface area contributed by atoms with Crippen molar-refractivity contribution in [1.82, 2.24) is 5.32 Å². The van der Waals surface area contributed by atoms with Gasteiger partial charge in [-0.3, -0.25) is 14.9 Å². The Bertz CT molecular complexity index is 472. The largest absolute Gasteiger partial charge is 0.352 e. The van der Waals surface area contributed by atoms with Crippen molar-refractivity contribution in [3.63, 3.8) is 0 Å². The van der Waals surface area contributed by atoms with E-state index < -0.39 is 4.92 Å². The van der Waals surface area contributed by atoms with E-state index in [9.17, 15) is 14.9 Å². The molecule has 90 valence electrons. The Morgan fingerprint density at radius 1 is 1.53 bits per heavy atom. The lowest BCUT2D eigenvalue weighted by Crippen LogP contribution is -2.25. The molecule has 2 rings (SSSR count). The Hall–Kier alpha value is -1.62. The van der Waals surface area contributed by atoms with Gasteiger partial charge >= 0.3 is 0 Å². The van der Waals surface area contributed by atoms with Gasteiger partial charge in [0.05, 0.1) is 15.5 Å². The van der Waals surface area contributed by atoms with Crippen LogP contribution < -0.4 is 5.32 Å². The highest BCUT2D eigenvalue weighted by Crippen LogP contribution is 2.28. The minimum atomic E-state index is -0.544. The molecular formula is C11H11ClN2O3. The number of carbonyl (C=O) groups is 1. The standard InChI is InChI=1S/C11H11ClN2O3/c12-10-5-8(14(16)17)3-4-9(10)11(15)13-6-7-1-2-7/h3-5,7H,1-2,6H2,(H,13,15). The summed E-state index contributed by atoms with van der Waals surface area (Å²) >= 11 is 5.83. The number of hydrogen-bond acceptors (Lipinski definition) is 3. The minimum Gasteiger partial charge on any atom is -0.352 e. The van der Waals surface area contributed by atoms with Gasteiger partial charge in [-0.15, -0.1) is 0 Å². The third-order valence-corrected chi connectivity index (χ3v) is 2.97. The summed E-state index contributed by atoms with van der Waals surface area (Å²) in [5.74, 6) is 0.299. The van der Waals surface area contributed by atoms with E-state index in [1.807, 2.05) is 0 Å². The second-order valence-corrected chi connectivity index (χ2v) is 4.48. The molecule has 0 saturated heterocycles. The molecule has 1 aromatic rings. The normalized spacial score (nSPS) is 14.4. The molecule has 0 atom stereocenters. The number of non-ortho nitro benzene ring substituents is 1. The van der Waals surface area contributed by atoms with Gasteiger partial charge in [0, 0.05) is 18.7 Å². The van der Waals surface area contributed by atoms with Crippen LogP contribution in [0.1, 0.15) is 23.2 Å². The first-order valence-electron chi connectivity index (χ1n) is 5.30. The maximum Gasteiger partial charge on any atom is 0.270 e. The molecule has 0 bridgehead atoms. The maximum atomic E-state index is 11.7. The van der Waals surface area contributed by atoms with Crippen LogP contribution in [0, 0.1) is 16.0 Å². The molecule has 0 heterocycles. The van der Waals surface area contributed by atoms with Crippen LogP contribution in [0.4, 0.5) is 5.69 Å². The summed E-state index contributed by atoms with van der Waals surface area (Å²) in [5.41, 5.74) is 0.159. The lowest BCUT2D eigenvalue weighted by atomic mass is 10.2. The number of amides is 1. The molecule has 0 aromatic heterocycles. The highest BCUT2D eigenvalue weighted by molar-refractivity contribution is 6.34. The smallest absolute Gasteiger partial charge is 0.270 e. The quantitative estimate of drug-likeness (QED) is 0.662. The van der Waals surface area contributed by atoms with Crippen LogP contribution in [-0.4, -0.2) is 17.4 Å². The highest BCUT2D eigenvalue weighted by atomic mass is 35.5. The second kappa shape index (κ2) is 4.71. The number of halogens is 1. The van der Waals surface area contributed by atoms with Crippen molar-refractivity contribution < 1.29 is 9.72 Å². The van der Waals surface area contributed by atoms with Crippen molar-refractivity contribution in [3.05, 3.63) is 38.9 Å². The molecule has 0 spiro atoms. The fourth-order valence-electron chi connectivity index (χ4n) is 1.46. The van der Waals surface area contributed by atoms with Gasteiger partial charge in [0.1, 0.15) is 0 Å². The zero-order valence-corrected chi connectivity index (χ0v) is 9.74. The Labute approximate surface area is 103 Å². The number of carbonyl (C=O) groups excluding carboxylic acids is 1. The predicted octanol–water partition coefficient (Wildman–Crippen LogP) is 2.39. The van der Waals surface area contributed by atoms with E-state index in [-0.39, 0.29) is 22.2 Å². The van der Waals surface area contributed by atoms with Gasteiger partial charge in [-0.05, 0) is 24.8 Å². The molecule has 0 aliphatic heterocycles. The van der Waals surface area contributed by atoms with Gasteiger partial charge < -0.3 is 5.32 Å². The van der Waals surface area contributed by atoms with Crippen molar-refractivity contribution >= 4 is 23.2 Å². The summed E-state index contributed by atoms with van der Waals surface area (Å²) in [6, 6.07) is 3.84. The number of hydrogen-bond donors (Lipinski definition) is 1. The van der Waals surface area contributed by atoms with Gasteiger partial charge in [-0.2, -0.15) is 0 Å². The Balaban J connectivity index is 2.08. The van der Waals surface area contributed by atoms with E-state index in [2.05, 4.69) is 5.32 Å². The fourth-order valence-corrected chi connectivity index (χ4v) is 1.72. The second-order valence-electron chi connectivity index (χ2n) is 4.07. The molecule has 0 unspecified atom stereocenters. The maximum absolute atomic E-state index is 11.7. The average Bonchev–Trinajstić information content (AvgIpc) is 3.09. The van der Waals surface area contributed by atoms with E-state index in [0.29, 0.717) is 12.5 Å². The molecule has 1 aliphatic carbocycles. The Kier molecular flexibility index (Phi) is 3.28. The molecule has 1 N–H and O–H groups in total. The number of nitrogens with one attached hydrogen (secondary N) is 1. The van der Waals surface area contributed by atoms with Gasteiger partial charge in [0.15, 0.2) is 0 Å². The molecule has 6 heteroatoms. The summed E-state index contributed by atoms with van der Waals surface area (Å²) in [6.07, 6.45) is 2.29. The van der Waals surface area contributed by atoms with Crippen LogP contribution >= 0.6 is 11.6 Å². The summed E-state index contributed by atoms with van der Waals surface area (Å²) in [4.78, 5) is 21.7. The highest BCUT2D eigenvalue weighted by Gasteiger charge is 2.22. The molecule has 1 fully saturated rings. The van der Waals surface area contributed by atoms with Crippen molar-refractivity contribution in [2.24, 2.45) is 5.92 Å². The van der Waals surface area contributed by atoms with Crippen molar-refractivity contribution in [3.8, 4) is 0 Å². The molecule has 1 amide bonds. The summed E-state index contributed by atoms with van der Waals surface area (Å²) in [5, 5.41) is 13.4. The topological polar surface area (TPSA) is 72.2 Å². The van der Waals surface area contributed by atoms with Crippen LogP contribution in [-0.2, 0) is 0 Å². The first-order chi connectivity index (χ1) is 8.08. The monoisotopic (exact) mass is 254 g/mol. The van der Waals surface area contributed by atoms with E-state index >= 15 is 0 Å². The molecule has 0 radical (unpaired) electrons. The van der Waals surface area contributed by atoms with Crippen LogP contribution in [0.25, 0.3) is 0 Å². The van der Waals surface area contributed by atoms with Crippen molar-refractivity contribution in [2.45, 2.75) is 12.8 Å². The van der Waals surface area contributed by atoms with Crippen LogP contribution in [0.2, 0.25) is 5.02 Å². The first kappa shape index (κ1) is 11.9. The summed E-state index contributed by atoms with van der Waals surface area (Å²) in [6.45, 7) is 0.645. The SMILES string of the molecule is O=C(NCC1CC1)c1ccc([N+](=O)[O-])cc1Cl. The van der Waals surface area contributed by atoms with Gasteiger partial charge in [0.25, 0.3) is 11.6 Å². The van der Waals surface area contributed by atoms with Crippen molar-refractivity contribution in [2.75, 3.05) is 6.54 Å². The lowest BCUT2D eigenvalue weighted by molar-refractivity contribution is -0.384. The molecule has 1 aromatic carbocycles. The third kappa shape index (κ3) is 2.94. The number of benzene rings is 1. The van der Waals surface area contributed by atoms with E-state index in [1.54, 1.807) is 0 Å². The average molecular weight is 255 g/mol. The van der Waals surface area contributed by atoms with E-state index in [1.165, 1.54) is 18.2 Å².